The van der Waals surface area contributed by atoms with Crippen LogP contribution in [0.5, 0.6) is 0 Å². The standard InChI is InChI=1S/C25H32N6O6S2/c1-28-13-15-29(16-14-28)25(38(34)35)18-7-9-19(10-8-18)27-23-21-11-12-30(24(21)26-17-22(23)31(32)33)39(36,37)20-5-3-2-4-6-20/h2-6,11-12,17-19,25,38H,7-10,13-16H2,1H3,(H,26,27). The minimum atomic E-state index is -3.95. The van der Waals surface area contributed by atoms with E-state index in [4.69, 9.17) is 0 Å². The number of anilines is 1. The minimum Gasteiger partial charge on any atom is -0.376 e. The normalized spacial score (nSPS) is 22.2. The summed E-state index contributed by atoms with van der Waals surface area (Å²) in [6.45, 7) is 3.09. The van der Waals surface area contributed by atoms with Crippen LogP contribution in [0.15, 0.2) is 53.7 Å². The first-order valence-corrected chi connectivity index (χ1v) is 15.6. The lowest BCUT2D eigenvalue weighted by atomic mass is 9.85. The predicted octanol–water partition coefficient (Wildman–Crippen LogP) is 2.34. The molecule has 1 unspecified atom stereocenters. The topological polar surface area (TPSA) is 148 Å². The number of thiol groups is 1. The number of nitro groups is 1. The van der Waals surface area contributed by atoms with Crippen molar-refractivity contribution in [2.24, 2.45) is 5.92 Å². The van der Waals surface area contributed by atoms with Crippen LogP contribution >= 0.6 is 0 Å². The van der Waals surface area contributed by atoms with Gasteiger partial charge in [-0.3, -0.25) is 15.0 Å². The van der Waals surface area contributed by atoms with E-state index in [9.17, 15) is 26.9 Å². The Hall–Kier alpha value is -3.07. The lowest BCUT2D eigenvalue weighted by molar-refractivity contribution is -0.384. The molecule has 1 N–H and O–H groups in total. The van der Waals surface area contributed by atoms with Crippen molar-refractivity contribution >= 4 is 43.1 Å². The quantitative estimate of drug-likeness (QED) is 0.233. The monoisotopic (exact) mass is 576 g/mol. The summed E-state index contributed by atoms with van der Waals surface area (Å²) in [4.78, 5) is 19.8. The molecule has 0 amide bonds. The van der Waals surface area contributed by atoms with Gasteiger partial charge in [0.25, 0.3) is 10.0 Å². The van der Waals surface area contributed by atoms with Crippen molar-refractivity contribution < 1.29 is 21.8 Å². The van der Waals surface area contributed by atoms with Gasteiger partial charge in [0.15, 0.2) is 16.4 Å². The fraction of sp³-hybridized carbons (Fsp3) is 0.480. The molecule has 0 radical (unpaired) electrons. The predicted molar refractivity (Wildman–Crippen MR) is 148 cm³/mol. The summed E-state index contributed by atoms with van der Waals surface area (Å²) in [5, 5.41) is 15.0. The second-order valence-electron chi connectivity index (χ2n) is 10.2. The van der Waals surface area contributed by atoms with Crippen molar-refractivity contribution in [3.63, 3.8) is 0 Å². The Morgan fingerprint density at radius 1 is 1.05 bits per heavy atom. The Balaban J connectivity index is 1.38. The minimum absolute atomic E-state index is 0.00268. The number of likely N-dealkylation sites (N-methyl/N-ethyl adjacent to an activating group) is 1. The molecule has 1 aliphatic carbocycles. The highest BCUT2D eigenvalue weighted by molar-refractivity contribution is 7.90. The summed E-state index contributed by atoms with van der Waals surface area (Å²) in [6, 6.07) is 9.32. The largest absolute Gasteiger partial charge is 0.376 e. The molecule has 3 aromatic rings. The van der Waals surface area contributed by atoms with Gasteiger partial charge in [0, 0.05) is 38.4 Å². The summed E-state index contributed by atoms with van der Waals surface area (Å²) in [5.74, 6) is -0.00268. The SMILES string of the molecule is CN1CCN(C(C2CCC(Nc3c([N+](=O)[O-])cnc4c3ccn4S(=O)(=O)c3ccccc3)CC2)[SH](=O)=O)CC1. The Labute approximate surface area is 228 Å². The van der Waals surface area contributed by atoms with Gasteiger partial charge in [-0.1, -0.05) is 18.2 Å². The van der Waals surface area contributed by atoms with Crippen molar-refractivity contribution in [2.45, 2.75) is 42.0 Å². The maximum atomic E-state index is 13.2. The Morgan fingerprint density at radius 2 is 1.72 bits per heavy atom. The number of benzene rings is 1. The van der Waals surface area contributed by atoms with Gasteiger partial charge in [-0.15, -0.1) is 0 Å². The van der Waals surface area contributed by atoms with E-state index in [1.54, 1.807) is 18.2 Å². The Morgan fingerprint density at radius 3 is 2.33 bits per heavy atom. The summed E-state index contributed by atoms with van der Waals surface area (Å²) < 4.78 is 52.0. The molecule has 1 saturated heterocycles. The van der Waals surface area contributed by atoms with Gasteiger partial charge in [0.2, 0.25) is 0 Å². The molecule has 5 rings (SSSR count). The number of pyridine rings is 1. The molecule has 3 heterocycles. The molecule has 1 aliphatic heterocycles. The number of fused-ring (bicyclic) bond motifs is 1. The van der Waals surface area contributed by atoms with E-state index in [0.717, 1.165) is 23.3 Å². The molecular weight excluding hydrogens is 544 g/mol. The van der Waals surface area contributed by atoms with E-state index in [1.165, 1.54) is 24.4 Å². The van der Waals surface area contributed by atoms with Crippen LogP contribution in [0.4, 0.5) is 11.4 Å². The summed E-state index contributed by atoms with van der Waals surface area (Å²) in [5.41, 5.74) is 0.0811. The summed E-state index contributed by atoms with van der Waals surface area (Å²) in [6.07, 6.45) is 5.06. The molecular formula is C25H32N6O6S2. The van der Waals surface area contributed by atoms with Crippen molar-refractivity contribution in [3.05, 3.63) is 58.9 Å². The van der Waals surface area contributed by atoms with Crippen LogP contribution in [0.2, 0.25) is 0 Å². The molecule has 39 heavy (non-hydrogen) atoms. The number of aromatic nitrogens is 2. The van der Waals surface area contributed by atoms with Crippen molar-refractivity contribution in [2.75, 3.05) is 38.5 Å². The lowest BCUT2D eigenvalue weighted by Crippen LogP contribution is -2.52. The zero-order valence-electron chi connectivity index (χ0n) is 21.5. The van der Waals surface area contributed by atoms with Gasteiger partial charge in [-0.2, -0.15) is 0 Å². The van der Waals surface area contributed by atoms with Crippen LogP contribution < -0.4 is 5.32 Å². The molecule has 2 aliphatic rings. The number of piperazine rings is 1. The van der Waals surface area contributed by atoms with E-state index >= 15 is 0 Å². The molecule has 0 bridgehead atoms. The molecule has 1 atom stereocenters. The third kappa shape index (κ3) is 5.51. The van der Waals surface area contributed by atoms with Crippen molar-refractivity contribution in [1.82, 2.24) is 18.8 Å². The van der Waals surface area contributed by atoms with Gasteiger partial charge in [0.1, 0.15) is 17.3 Å². The first kappa shape index (κ1) is 27.5. The highest BCUT2D eigenvalue weighted by Gasteiger charge is 2.35. The van der Waals surface area contributed by atoms with Crippen LogP contribution in [0.1, 0.15) is 25.7 Å². The van der Waals surface area contributed by atoms with Crippen LogP contribution in [0.3, 0.4) is 0 Å². The molecule has 14 heteroatoms. The summed E-state index contributed by atoms with van der Waals surface area (Å²) >= 11 is 0. The van der Waals surface area contributed by atoms with Gasteiger partial charge >= 0.3 is 5.69 Å². The maximum Gasteiger partial charge on any atom is 0.311 e. The van der Waals surface area contributed by atoms with E-state index in [-0.39, 0.29) is 33.9 Å². The highest BCUT2D eigenvalue weighted by atomic mass is 32.2. The number of nitrogens with zero attached hydrogens (tertiary/aromatic N) is 5. The second kappa shape index (κ2) is 11.2. The number of hydrogen-bond acceptors (Lipinski definition) is 10. The first-order valence-electron chi connectivity index (χ1n) is 12.9. The maximum absolute atomic E-state index is 13.2. The highest BCUT2D eigenvalue weighted by Crippen LogP contribution is 2.37. The molecule has 1 aromatic carbocycles. The van der Waals surface area contributed by atoms with Crippen LogP contribution in [-0.4, -0.2) is 85.2 Å². The van der Waals surface area contributed by atoms with E-state index in [0.29, 0.717) is 44.2 Å². The second-order valence-corrected chi connectivity index (χ2v) is 13.2. The van der Waals surface area contributed by atoms with Gasteiger partial charge in [0.05, 0.1) is 15.2 Å². The van der Waals surface area contributed by atoms with Crippen LogP contribution in [0, 0.1) is 16.0 Å². The van der Waals surface area contributed by atoms with Gasteiger partial charge in [-0.25, -0.2) is 25.8 Å². The molecule has 2 aromatic heterocycles. The van der Waals surface area contributed by atoms with Crippen molar-refractivity contribution in [3.8, 4) is 0 Å². The number of hydrogen-bond donors (Lipinski definition) is 2. The number of rotatable bonds is 8. The zero-order chi connectivity index (χ0) is 27.7. The van der Waals surface area contributed by atoms with Crippen LogP contribution in [0.25, 0.3) is 11.0 Å². The Kier molecular flexibility index (Phi) is 7.89. The average molecular weight is 577 g/mol. The molecule has 0 spiro atoms. The summed E-state index contributed by atoms with van der Waals surface area (Å²) in [7, 11) is -4.55. The van der Waals surface area contributed by atoms with E-state index in [1.807, 2.05) is 7.05 Å². The lowest BCUT2D eigenvalue weighted by Gasteiger charge is -2.41. The fourth-order valence-corrected chi connectivity index (χ4v) is 8.16. The van der Waals surface area contributed by atoms with Crippen molar-refractivity contribution in [1.29, 1.82) is 0 Å². The third-order valence-electron chi connectivity index (χ3n) is 7.83. The van der Waals surface area contributed by atoms with E-state index < -0.39 is 31.0 Å². The Bertz CT molecular complexity index is 1520. The van der Waals surface area contributed by atoms with Crippen LogP contribution in [-0.2, 0) is 20.7 Å². The zero-order valence-corrected chi connectivity index (χ0v) is 23.3. The molecule has 210 valence electrons. The smallest absolute Gasteiger partial charge is 0.311 e. The third-order valence-corrected chi connectivity index (χ3v) is 10.7. The van der Waals surface area contributed by atoms with Gasteiger partial charge < -0.3 is 10.2 Å². The van der Waals surface area contributed by atoms with Gasteiger partial charge in [-0.05, 0) is 56.8 Å². The number of nitrogens with one attached hydrogen (secondary N) is 1. The molecule has 12 nitrogen and oxygen atoms in total. The van der Waals surface area contributed by atoms with E-state index in [2.05, 4.69) is 20.1 Å². The molecule has 1 saturated carbocycles. The fourth-order valence-electron chi connectivity index (χ4n) is 5.70. The average Bonchev–Trinajstić information content (AvgIpc) is 3.37. The molecule has 2 fully saturated rings. The first-order chi connectivity index (χ1) is 18.7.